The molecule has 2 aliphatic heterocycles. The van der Waals surface area contributed by atoms with Crippen LogP contribution >= 0.6 is 11.8 Å². The molecule has 6 nitrogen and oxygen atoms in total. The van der Waals surface area contributed by atoms with E-state index in [1.807, 2.05) is 48.5 Å². The van der Waals surface area contributed by atoms with Crippen LogP contribution in [0.15, 0.2) is 58.7 Å². The van der Waals surface area contributed by atoms with Gasteiger partial charge in [0.25, 0.3) is 0 Å². The van der Waals surface area contributed by atoms with E-state index in [2.05, 4.69) is 10.2 Å². The van der Waals surface area contributed by atoms with Crippen LogP contribution in [-0.4, -0.2) is 34.7 Å². The van der Waals surface area contributed by atoms with Crippen molar-refractivity contribution in [2.45, 2.75) is 6.54 Å². The molecular weight excluding hydrogens is 338 g/mol. The van der Waals surface area contributed by atoms with E-state index in [1.165, 1.54) is 11.8 Å². The average Bonchev–Trinajstić information content (AvgIpc) is 3.24. The Balaban J connectivity index is 1.48. The number of carbonyl (C=O) groups is 1. The van der Waals surface area contributed by atoms with E-state index in [9.17, 15) is 4.79 Å². The smallest absolute Gasteiger partial charge is 0.239 e. The maximum absolute atomic E-state index is 12.1. The van der Waals surface area contributed by atoms with Gasteiger partial charge in [0.15, 0.2) is 16.7 Å². The van der Waals surface area contributed by atoms with Gasteiger partial charge in [0.2, 0.25) is 12.7 Å². The van der Waals surface area contributed by atoms with Crippen molar-refractivity contribution >= 4 is 29.1 Å². The molecule has 7 heteroatoms. The molecule has 4 rings (SSSR count). The van der Waals surface area contributed by atoms with Crippen molar-refractivity contribution in [1.82, 2.24) is 4.90 Å². The Hall–Kier alpha value is -2.80. The second kappa shape index (κ2) is 6.98. The van der Waals surface area contributed by atoms with Crippen LogP contribution in [0.2, 0.25) is 0 Å². The van der Waals surface area contributed by atoms with Crippen LogP contribution in [0.3, 0.4) is 0 Å². The number of amides is 1. The summed E-state index contributed by atoms with van der Waals surface area (Å²) in [6, 6.07) is 15.4. The van der Waals surface area contributed by atoms with Crippen molar-refractivity contribution in [2.75, 3.05) is 12.5 Å². The Morgan fingerprint density at radius 3 is 2.84 bits per heavy atom. The van der Waals surface area contributed by atoms with Crippen LogP contribution in [0.25, 0.3) is 0 Å². The third-order valence-electron chi connectivity index (χ3n) is 3.79. The largest absolute Gasteiger partial charge is 0.454 e. The summed E-state index contributed by atoms with van der Waals surface area (Å²) in [4.78, 5) is 13.8. The summed E-state index contributed by atoms with van der Waals surface area (Å²) >= 11 is 1.40. The molecule has 0 radical (unpaired) electrons. The Bertz CT molecular complexity index is 852. The van der Waals surface area contributed by atoms with Crippen LogP contribution in [0, 0.1) is 0 Å². The Labute approximate surface area is 149 Å². The molecule has 1 fully saturated rings. The maximum atomic E-state index is 12.1. The Morgan fingerprint density at radius 1 is 1.12 bits per heavy atom. The van der Waals surface area contributed by atoms with Crippen molar-refractivity contribution in [3.05, 3.63) is 59.7 Å². The molecule has 0 atom stereocenters. The zero-order valence-electron chi connectivity index (χ0n) is 13.3. The fourth-order valence-electron chi connectivity index (χ4n) is 2.53. The molecule has 0 aliphatic carbocycles. The summed E-state index contributed by atoms with van der Waals surface area (Å²) < 4.78 is 10.6. The molecule has 2 aliphatic rings. The van der Waals surface area contributed by atoms with Crippen LogP contribution < -0.4 is 9.47 Å². The Morgan fingerprint density at radius 2 is 1.96 bits per heavy atom. The van der Waals surface area contributed by atoms with E-state index in [0.29, 0.717) is 23.2 Å². The summed E-state index contributed by atoms with van der Waals surface area (Å²) in [5.41, 5.74) is 1.92. The third kappa shape index (κ3) is 3.51. The number of fused-ring (bicyclic) bond motifs is 1. The zero-order valence-corrected chi connectivity index (χ0v) is 14.1. The number of benzene rings is 2. The number of ether oxygens (including phenoxy) is 2. The summed E-state index contributed by atoms with van der Waals surface area (Å²) in [6.07, 6.45) is 1.64. The van der Waals surface area contributed by atoms with Crippen LogP contribution in [-0.2, 0) is 11.3 Å². The van der Waals surface area contributed by atoms with E-state index in [-0.39, 0.29) is 12.7 Å². The molecule has 0 N–H and O–H groups in total. The molecule has 0 bridgehead atoms. The molecule has 0 saturated carbocycles. The summed E-state index contributed by atoms with van der Waals surface area (Å²) in [7, 11) is 0. The van der Waals surface area contributed by atoms with Crippen molar-refractivity contribution < 1.29 is 14.3 Å². The highest BCUT2D eigenvalue weighted by molar-refractivity contribution is 8.15. The predicted molar refractivity (Wildman–Crippen MR) is 97.0 cm³/mol. The first-order chi connectivity index (χ1) is 12.3. The maximum Gasteiger partial charge on any atom is 0.239 e. The van der Waals surface area contributed by atoms with Gasteiger partial charge in [-0.25, -0.2) is 0 Å². The summed E-state index contributed by atoms with van der Waals surface area (Å²) in [5, 5.41) is 8.97. The minimum Gasteiger partial charge on any atom is -0.454 e. The quantitative estimate of drug-likeness (QED) is 0.626. The van der Waals surface area contributed by atoms with Crippen molar-refractivity contribution in [2.24, 2.45) is 10.2 Å². The highest BCUT2D eigenvalue weighted by atomic mass is 32.2. The van der Waals surface area contributed by atoms with Gasteiger partial charge in [-0.3, -0.25) is 9.69 Å². The second-order valence-electron chi connectivity index (χ2n) is 5.49. The number of amidine groups is 1. The van der Waals surface area contributed by atoms with Gasteiger partial charge in [-0.05, 0) is 29.3 Å². The number of carbonyl (C=O) groups excluding carboxylic acids is 1. The predicted octanol–water partition coefficient (Wildman–Crippen LogP) is 2.88. The van der Waals surface area contributed by atoms with Crippen LogP contribution in [0.4, 0.5) is 0 Å². The lowest BCUT2D eigenvalue weighted by atomic mass is 10.2. The average molecular weight is 353 g/mol. The van der Waals surface area contributed by atoms with Gasteiger partial charge in [-0.2, -0.15) is 5.10 Å². The van der Waals surface area contributed by atoms with Gasteiger partial charge < -0.3 is 9.47 Å². The lowest BCUT2D eigenvalue weighted by Crippen LogP contribution is -2.28. The SMILES string of the molecule is O=C1CS/C(=N/N=C\c2ccc3c(c2)OCO3)N1Cc1ccccc1. The fourth-order valence-corrected chi connectivity index (χ4v) is 3.37. The minimum atomic E-state index is 0.0471. The van der Waals surface area contributed by atoms with Crippen molar-refractivity contribution in [3.8, 4) is 11.5 Å². The molecule has 0 aromatic heterocycles. The lowest BCUT2D eigenvalue weighted by molar-refractivity contribution is -0.124. The number of thioether (sulfide) groups is 1. The minimum absolute atomic E-state index is 0.0471. The second-order valence-corrected chi connectivity index (χ2v) is 6.44. The molecule has 2 heterocycles. The van der Waals surface area contributed by atoms with E-state index in [1.54, 1.807) is 11.1 Å². The van der Waals surface area contributed by atoms with Crippen molar-refractivity contribution in [1.29, 1.82) is 0 Å². The fraction of sp³-hybridized carbons (Fsp3) is 0.167. The van der Waals surface area contributed by atoms with E-state index in [4.69, 9.17) is 9.47 Å². The van der Waals surface area contributed by atoms with Gasteiger partial charge in [0, 0.05) is 0 Å². The molecule has 2 aromatic rings. The molecule has 126 valence electrons. The molecule has 2 aromatic carbocycles. The molecule has 1 saturated heterocycles. The summed E-state index contributed by atoms with van der Waals surface area (Å²) in [6.45, 7) is 0.747. The first-order valence-electron chi connectivity index (χ1n) is 7.77. The monoisotopic (exact) mass is 353 g/mol. The number of hydrogen-bond donors (Lipinski definition) is 0. The van der Waals surface area contributed by atoms with Gasteiger partial charge >= 0.3 is 0 Å². The van der Waals surface area contributed by atoms with Gasteiger partial charge in [-0.1, -0.05) is 42.1 Å². The van der Waals surface area contributed by atoms with Crippen LogP contribution in [0.5, 0.6) is 11.5 Å². The molecule has 0 unspecified atom stereocenters. The zero-order chi connectivity index (χ0) is 17.1. The highest BCUT2D eigenvalue weighted by Gasteiger charge is 2.28. The van der Waals surface area contributed by atoms with Crippen LogP contribution in [0.1, 0.15) is 11.1 Å². The lowest BCUT2D eigenvalue weighted by Gasteiger charge is -2.14. The van der Waals surface area contributed by atoms with E-state index >= 15 is 0 Å². The standard InChI is InChI=1S/C18H15N3O3S/c22-17-11-25-18(21(17)10-13-4-2-1-3-5-13)20-19-9-14-6-7-15-16(8-14)24-12-23-15/h1-9H,10-12H2/b19-9-,20-18+. The molecule has 25 heavy (non-hydrogen) atoms. The number of hydrogen-bond acceptors (Lipinski definition) is 6. The normalized spacial score (nSPS) is 17.8. The molecular formula is C18H15N3O3S. The topological polar surface area (TPSA) is 63.5 Å². The van der Waals surface area contributed by atoms with Gasteiger partial charge in [0.05, 0.1) is 18.5 Å². The van der Waals surface area contributed by atoms with Gasteiger partial charge in [0.1, 0.15) is 0 Å². The highest BCUT2D eigenvalue weighted by Crippen LogP contribution is 2.32. The van der Waals surface area contributed by atoms with Gasteiger partial charge in [-0.15, -0.1) is 5.10 Å². The van der Waals surface area contributed by atoms with Crippen molar-refractivity contribution in [3.63, 3.8) is 0 Å². The summed E-state index contributed by atoms with van der Waals surface area (Å²) in [5.74, 6) is 1.87. The first kappa shape index (κ1) is 15.7. The number of nitrogens with zero attached hydrogens (tertiary/aromatic N) is 3. The number of rotatable bonds is 4. The molecule has 0 spiro atoms. The van der Waals surface area contributed by atoms with E-state index in [0.717, 1.165) is 16.9 Å². The first-order valence-corrected chi connectivity index (χ1v) is 8.76. The Kier molecular flexibility index (Phi) is 4.39. The third-order valence-corrected chi connectivity index (χ3v) is 4.74. The van der Waals surface area contributed by atoms with E-state index < -0.39 is 0 Å². The molecule has 1 amide bonds.